The zero-order valence-corrected chi connectivity index (χ0v) is 13.0. The third-order valence-corrected chi connectivity index (χ3v) is 3.58. The second kappa shape index (κ2) is 5.66. The monoisotopic (exact) mass is 338 g/mol. The number of nitrogens with zero attached hydrogens (tertiary/aromatic N) is 1. The average molecular weight is 339 g/mol. The van der Waals surface area contributed by atoms with Crippen molar-refractivity contribution < 1.29 is 14.6 Å². The first kappa shape index (κ1) is 14.6. The third-order valence-electron chi connectivity index (χ3n) is 3.01. The molecule has 5 nitrogen and oxygen atoms in total. The highest BCUT2D eigenvalue weighted by molar-refractivity contribution is 9.10. The molecule has 6 heteroatoms. The van der Waals surface area contributed by atoms with E-state index >= 15 is 0 Å². The molecule has 1 aromatic carbocycles. The maximum absolute atomic E-state index is 11.1. The highest BCUT2D eigenvalue weighted by atomic mass is 79.9. The van der Waals surface area contributed by atoms with E-state index in [-0.39, 0.29) is 5.69 Å². The number of carbonyl (C=O) groups is 1. The van der Waals surface area contributed by atoms with Gasteiger partial charge in [-0.25, -0.2) is 9.78 Å². The van der Waals surface area contributed by atoms with E-state index in [9.17, 15) is 4.79 Å². The number of imidazole rings is 1. The van der Waals surface area contributed by atoms with Crippen LogP contribution in [-0.4, -0.2) is 28.2 Å². The number of nitrogens with one attached hydrogen (secondary N) is 1. The van der Waals surface area contributed by atoms with Gasteiger partial charge in [-0.15, -0.1) is 0 Å². The van der Waals surface area contributed by atoms with Crippen LogP contribution in [0.5, 0.6) is 5.75 Å². The first-order valence-corrected chi connectivity index (χ1v) is 6.90. The number of aromatic nitrogens is 2. The molecule has 0 aliphatic rings. The van der Waals surface area contributed by atoms with Gasteiger partial charge >= 0.3 is 5.97 Å². The van der Waals surface area contributed by atoms with Crippen LogP contribution in [0.4, 0.5) is 0 Å². The van der Waals surface area contributed by atoms with Gasteiger partial charge in [-0.05, 0) is 39.5 Å². The fourth-order valence-electron chi connectivity index (χ4n) is 1.89. The van der Waals surface area contributed by atoms with Crippen molar-refractivity contribution in [3.63, 3.8) is 0 Å². The summed E-state index contributed by atoms with van der Waals surface area (Å²) in [5.41, 5.74) is 1.83. The molecule has 2 N–H and O–H groups in total. The minimum absolute atomic E-state index is 0.0444. The van der Waals surface area contributed by atoms with Gasteiger partial charge in [0.15, 0.2) is 5.69 Å². The Kier molecular flexibility index (Phi) is 4.13. The summed E-state index contributed by atoms with van der Waals surface area (Å²) in [4.78, 5) is 18.1. The van der Waals surface area contributed by atoms with Gasteiger partial charge in [0, 0.05) is 0 Å². The maximum Gasteiger partial charge on any atom is 0.357 e. The molecular weight excluding hydrogens is 324 g/mol. The van der Waals surface area contributed by atoms with Crippen molar-refractivity contribution in [3.8, 4) is 17.1 Å². The number of methoxy groups -OCH3 is 1. The quantitative estimate of drug-likeness (QED) is 0.891. The molecule has 0 spiro atoms. The van der Waals surface area contributed by atoms with Crippen molar-refractivity contribution in [3.05, 3.63) is 34.1 Å². The van der Waals surface area contributed by atoms with Gasteiger partial charge in [-0.3, -0.25) is 0 Å². The first-order valence-electron chi connectivity index (χ1n) is 6.11. The minimum Gasteiger partial charge on any atom is -0.496 e. The van der Waals surface area contributed by atoms with E-state index in [4.69, 9.17) is 9.84 Å². The van der Waals surface area contributed by atoms with E-state index in [1.165, 1.54) is 0 Å². The molecule has 1 heterocycles. The van der Waals surface area contributed by atoms with Gasteiger partial charge < -0.3 is 14.8 Å². The van der Waals surface area contributed by atoms with Crippen LogP contribution in [0.25, 0.3) is 11.4 Å². The van der Waals surface area contributed by atoms with Gasteiger partial charge in [0.05, 0.1) is 12.7 Å². The molecule has 106 valence electrons. The smallest absolute Gasteiger partial charge is 0.357 e. The van der Waals surface area contributed by atoms with Crippen LogP contribution >= 0.6 is 15.9 Å². The Morgan fingerprint density at radius 3 is 2.65 bits per heavy atom. The fraction of sp³-hybridized carbons (Fsp3) is 0.286. The molecule has 20 heavy (non-hydrogen) atoms. The molecule has 0 amide bonds. The zero-order valence-electron chi connectivity index (χ0n) is 11.4. The van der Waals surface area contributed by atoms with E-state index in [1.54, 1.807) is 7.11 Å². The maximum atomic E-state index is 11.1. The number of hydrogen-bond donors (Lipinski definition) is 2. The van der Waals surface area contributed by atoms with Crippen LogP contribution in [0, 0.1) is 0 Å². The number of hydrogen-bond acceptors (Lipinski definition) is 3. The summed E-state index contributed by atoms with van der Waals surface area (Å²) in [5.74, 6) is 0.386. The number of carboxylic acids is 1. The summed E-state index contributed by atoms with van der Waals surface area (Å²) < 4.78 is 5.67. The summed E-state index contributed by atoms with van der Waals surface area (Å²) in [6.07, 6.45) is 0. The summed E-state index contributed by atoms with van der Waals surface area (Å²) in [6, 6.07) is 5.81. The number of ether oxygens (including phenoxy) is 1. The summed E-state index contributed by atoms with van der Waals surface area (Å²) in [5, 5.41) is 9.05. The van der Waals surface area contributed by atoms with Crippen LogP contribution in [0.1, 0.15) is 35.8 Å². The van der Waals surface area contributed by atoms with Crippen molar-refractivity contribution in [2.75, 3.05) is 7.11 Å². The van der Waals surface area contributed by atoms with E-state index < -0.39 is 5.97 Å². The molecule has 2 aromatic rings. The van der Waals surface area contributed by atoms with Gasteiger partial charge in [0.1, 0.15) is 16.2 Å². The lowest BCUT2D eigenvalue weighted by atomic mass is 10.00. The van der Waals surface area contributed by atoms with Crippen molar-refractivity contribution in [1.29, 1.82) is 0 Å². The second-order valence-corrected chi connectivity index (χ2v) is 5.46. The van der Waals surface area contributed by atoms with E-state index in [0.29, 0.717) is 22.1 Å². The molecule has 2 rings (SSSR count). The normalized spacial score (nSPS) is 10.8. The van der Waals surface area contributed by atoms with Crippen molar-refractivity contribution in [1.82, 2.24) is 9.97 Å². The highest BCUT2D eigenvalue weighted by Crippen LogP contribution is 2.32. The molecule has 0 aliphatic carbocycles. The molecule has 0 radical (unpaired) electrons. The van der Waals surface area contributed by atoms with E-state index in [0.717, 1.165) is 11.1 Å². The fourth-order valence-corrected chi connectivity index (χ4v) is 2.34. The van der Waals surface area contributed by atoms with Gasteiger partial charge in [0.25, 0.3) is 0 Å². The molecule has 0 saturated heterocycles. The zero-order chi connectivity index (χ0) is 14.9. The van der Waals surface area contributed by atoms with Crippen LogP contribution in [0.3, 0.4) is 0 Å². The van der Waals surface area contributed by atoms with Gasteiger partial charge in [-0.1, -0.05) is 19.9 Å². The molecule has 0 fully saturated rings. The Balaban J connectivity index is 2.58. The Labute approximate surface area is 125 Å². The molecule has 0 bridgehead atoms. The van der Waals surface area contributed by atoms with E-state index in [1.807, 2.05) is 18.2 Å². The molecule has 1 aromatic heterocycles. The number of benzene rings is 1. The van der Waals surface area contributed by atoms with Crippen molar-refractivity contribution in [2.45, 2.75) is 19.8 Å². The first-order chi connectivity index (χ1) is 9.43. The van der Waals surface area contributed by atoms with Gasteiger partial charge in [0.2, 0.25) is 0 Å². The summed E-state index contributed by atoms with van der Waals surface area (Å²) in [7, 11) is 1.57. The number of carboxylic acid groups (broad SMARTS) is 1. The Morgan fingerprint density at radius 2 is 2.15 bits per heavy atom. The minimum atomic E-state index is -1.08. The van der Waals surface area contributed by atoms with Crippen molar-refractivity contribution >= 4 is 21.9 Å². The standard InChI is InChI=1S/C14H15BrN2O3/c1-7(2)8-4-5-10(20-3)9(6-8)13-16-11(14(18)19)12(15)17-13/h4-7H,1-3H3,(H,16,17)(H,18,19). The highest BCUT2D eigenvalue weighted by Gasteiger charge is 2.18. The predicted molar refractivity (Wildman–Crippen MR) is 79.3 cm³/mol. The van der Waals surface area contributed by atoms with Crippen LogP contribution in [0.2, 0.25) is 0 Å². The molecule has 0 unspecified atom stereocenters. The lowest BCUT2D eigenvalue weighted by Gasteiger charge is -2.11. The number of rotatable bonds is 4. The van der Waals surface area contributed by atoms with Crippen LogP contribution < -0.4 is 4.74 Å². The number of H-pyrrole nitrogens is 1. The second-order valence-electron chi connectivity index (χ2n) is 4.67. The Hall–Kier alpha value is -1.82. The molecule has 0 atom stereocenters. The molecular formula is C14H15BrN2O3. The Bertz CT molecular complexity index is 650. The summed E-state index contributed by atoms with van der Waals surface area (Å²) >= 11 is 3.17. The third kappa shape index (κ3) is 2.70. The molecule has 0 aliphatic heterocycles. The van der Waals surface area contributed by atoms with Crippen molar-refractivity contribution in [2.24, 2.45) is 0 Å². The number of halogens is 1. The SMILES string of the molecule is COc1ccc(C(C)C)cc1-c1nc(C(=O)O)c(Br)[nH]1. The lowest BCUT2D eigenvalue weighted by Crippen LogP contribution is -1.97. The Morgan fingerprint density at radius 1 is 1.45 bits per heavy atom. The predicted octanol–water partition coefficient (Wildman–Crippen LogP) is 3.67. The molecule has 0 saturated carbocycles. The lowest BCUT2D eigenvalue weighted by molar-refractivity contribution is 0.0690. The summed E-state index contributed by atoms with van der Waals surface area (Å²) in [6.45, 7) is 4.18. The van der Waals surface area contributed by atoms with E-state index in [2.05, 4.69) is 39.7 Å². The topological polar surface area (TPSA) is 75.2 Å². The van der Waals surface area contributed by atoms with Crippen LogP contribution in [-0.2, 0) is 0 Å². The van der Waals surface area contributed by atoms with Gasteiger partial charge in [-0.2, -0.15) is 0 Å². The van der Waals surface area contributed by atoms with Crippen LogP contribution in [0.15, 0.2) is 22.8 Å². The number of aromatic amines is 1. The number of aromatic carboxylic acids is 1. The largest absolute Gasteiger partial charge is 0.496 e. The average Bonchev–Trinajstić information content (AvgIpc) is 2.80.